The normalized spacial score (nSPS) is 11.0. The van der Waals surface area contributed by atoms with Crippen molar-refractivity contribution in [2.45, 2.75) is 6.92 Å². The highest BCUT2D eigenvalue weighted by atomic mass is 32.1. The van der Waals surface area contributed by atoms with Crippen LogP contribution in [0.1, 0.15) is 5.69 Å². The number of hydrogen-bond acceptors (Lipinski definition) is 4. The van der Waals surface area contributed by atoms with Gasteiger partial charge in [-0.2, -0.15) is 5.10 Å². The summed E-state index contributed by atoms with van der Waals surface area (Å²) < 4.78 is 1.55. The van der Waals surface area contributed by atoms with E-state index in [0.717, 1.165) is 50.2 Å². The minimum Gasteiger partial charge on any atom is -0.374 e. The van der Waals surface area contributed by atoms with E-state index >= 15 is 0 Å². The number of nitrogens with zero attached hydrogens (tertiary/aromatic N) is 4. The zero-order valence-corrected chi connectivity index (χ0v) is 17.7. The number of aryl methyl sites for hydroxylation is 1. The first-order valence-corrected chi connectivity index (χ1v) is 10.3. The zero-order valence-electron chi connectivity index (χ0n) is 16.9. The molecule has 0 saturated heterocycles. The smallest absolute Gasteiger partial charge is 0.191 e. The molecule has 6 heteroatoms. The molecule has 0 aliphatic rings. The Labute approximate surface area is 185 Å². The first-order chi connectivity index (χ1) is 15.1. The van der Waals surface area contributed by atoms with E-state index in [4.69, 9.17) is 23.1 Å². The predicted octanol–water partition coefficient (Wildman–Crippen LogP) is 5.23. The fourth-order valence-electron chi connectivity index (χ4n) is 3.76. The van der Waals surface area contributed by atoms with Crippen molar-refractivity contribution in [1.29, 1.82) is 0 Å². The SMILES string of the molecule is Cc1cccc(-c2cccc(-c3nn(C(N)=S)cc3-c3ccnc4ccccc34)c2)n1. The van der Waals surface area contributed by atoms with Crippen LogP contribution in [0.15, 0.2) is 85.2 Å². The lowest BCUT2D eigenvalue weighted by Gasteiger charge is -2.08. The molecular formula is C25H19N5S. The minimum absolute atomic E-state index is 0.197. The Bertz CT molecular complexity index is 1430. The maximum absolute atomic E-state index is 5.91. The number of para-hydroxylation sites is 1. The number of benzene rings is 2. The van der Waals surface area contributed by atoms with Crippen molar-refractivity contribution >= 4 is 28.2 Å². The molecule has 0 radical (unpaired) electrons. The quantitative estimate of drug-likeness (QED) is 0.404. The van der Waals surface area contributed by atoms with Crippen LogP contribution in [0.25, 0.3) is 44.5 Å². The van der Waals surface area contributed by atoms with E-state index in [1.165, 1.54) is 0 Å². The van der Waals surface area contributed by atoms with E-state index < -0.39 is 0 Å². The molecular weight excluding hydrogens is 402 g/mol. The lowest BCUT2D eigenvalue weighted by Crippen LogP contribution is -2.19. The van der Waals surface area contributed by atoms with Crippen LogP contribution in [-0.4, -0.2) is 24.9 Å². The fraction of sp³-hybridized carbons (Fsp3) is 0.0400. The van der Waals surface area contributed by atoms with Crippen molar-refractivity contribution in [2.24, 2.45) is 5.73 Å². The van der Waals surface area contributed by atoms with Gasteiger partial charge in [0.15, 0.2) is 5.11 Å². The molecule has 5 nitrogen and oxygen atoms in total. The largest absolute Gasteiger partial charge is 0.374 e. The molecule has 0 spiro atoms. The number of thiocarbonyl (C=S) groups is 1. The van der Waals surface area contributed by atoms with Gasteiger partial charge in [0.1, 0.15) is 5.69 Å². The monoisotopic (exact) mass is 421 g/mol. The molecule has 0 aliphatic carbocycles. The Morgan fingerprint density at radius 2 is 1.71 bits per heavy atom. The van der Waals surface area contributed by atoms with Gasteiger partial charge in [0.25, 0.3) is 0 Å². The summed E-state index contributed by atoms with van der Waals surface area (Å²) in [6.07, 6.45) is 3.70. The number of aromatic nitrogens is 4. The van der Waals surface area contributed by atoms with Gasteiger partial charge in [-0.25, -0.2) is 4.68 Å². The molecule has 150 valence electrons. The molecule has 0 saturated carbocycles. The fourth-order valence-corrected chi connectivity index (χ4v) is 3.85. The average molecular weight is 422 g/mol. The molecule has 0 bridgehead atoms. The van der Waals surface area contributed by atoms with Gasteiger partial charge in [-0.1, -0.05) is 42.5 Å². The maximum Gasteiger partial charge on any atom is 0.191 e. The molecule has 3 aromatic heterocycles. The molecule has 0 atom stereocenters. The number of fused-ring (bicyclic) bond motifs is 1. The van der Waals surface area contributed by atoms with E-state index in [-0.39, 0.29) is 5.11 Å². The highest BCUT2D eigenvalue weighted by Gasteiger charge is 2.17. The summed E-state index contributed by atoms with van der Waals surface area (Å²) in [5.74, 6) is 0. The minimum atomic E-state index is 0.197. The van der Waals surface area contributed by atoms with Crippen LogP contribution in [0.5, 0.6) is 0 Å². The topological polar surface area (TPSA) is 69.6 Å². The van der Waals surface area contributed by atoms with Crippen LogP contribution in [0, 0.1) is 6.92 Å². The summed E-state index contributed by atoms with van der Waals surface area (Å²) in [6, 6.07) is 24.3. The summed E-state index contributed by atoms with van der Waals surface area (Å²) in [4.78, 5) is 9.15. The lowest BCUT2D eigenvalue weighted by atomic mass is 9.97. The number of rotatable bonds is 3. The Morgan fingerprint density at radius 1 is 0.903 bits per heavy atom. The van der Waals surface area contributed by atoms with Gasteiger partial charge < -0.3 is 5.73 Å². The molecule has 0 amide bonds. The average Bonchev–Trinajstić information content (AvgIpc) is 3.24. The standard InChI is InChI=1S/C25H19N5S/c1-16-6-4-11-22(28-16)17-7-5-8-18(14-17)24-21(15-30(29-24)25(26)31)19-12-13-27-23-10-3-2-9-20(19)23/h2-15H,1H3,(H2,26,31). The van der Waals surface area contributed by atoms with Crippen LogP contribution < -0.4 is 5.73 Å². The van der Waals surface area contributed by atoms with E-state index in [2.05, 4.69) is 28.2 Å². The second-order valence-corrected chi connectivity index (χ2v) is 7.71. The van der Waals surface area contributed by atoms with Gasteiger partial charge in [-0.15, -0.1) is 0 Å². The summed E-state index contributed by atoms with van der Waals surface area (Å²) in [5, 5.41) is 5.97. The third-order valence-corrected chi connectivity index (χ3v) is 5.39. The summed E-state index contributed by atoms with van der Waals surface area (Å²) in [6.45, 7) is 1.99. The molecule has 31 heavy (non-hydrogen) atoms. The van der Waals surface area contributed by atoms with Crippen molar-refractivity contribution in [3.05, 3.63) is 90.9 Å². The maximum atomic E-state index is 5.91. The van der Waals surface area contributed by atoms with Crippen LogP contribution in [0.3, 0.4) is 0 Å². The lowest BCUT2D eigenvalue weighted by molar-refractivity contribution is 0.944. The summed E-state index contributed by atoms with van der Waals surface area (Å²) >= 11 is 5.20. The Morgan fingerprint density at radius 3 is 2.55 bits per heavy atom. The van der Waals surface area contributed by atoms with Gasteiger partial charge in [-0.3, -0.25) is 9.97 Å². The van der Waals surface area contributed by atoms with Gasteiger partial charge in [0.2, 0.25) is 0 Å². The Balaban J connectivity index is 1.72. The third-order valence-electron chi connectivity index (χ3n) is 5.20. The zero-order chi connectivity index (χ0) is 21.4. The van der Waals surface area contributed by atoms with Gasteiger partial charge in [-0.05, 0) is 55.0 Å². The summed E-state index contributed by atoms with van der Waals surface area (Å²) in [7, 11) is 0. The number of nitrogens with two attached hydrogens (primary N) is 1. The second-order valence-electron chi connectivity index (χ2n) is 7.29. The number of pyridine rings is 2. The molecule has 2 N–H and O–H groups in total. The van der Waals surface area contributed by atoms with Crippen molar-refractivity contribution in [2.75, 3.05) is 0 Å². The molecule has 2 aromatic carbocycles. The van der Waals surface area contributed by atoms with Gasteiger partial charge >= 0.3 is 0 Å². The highest BCUT2D eigenvalue weighted by molar-refractivity contribution is 7.80. The van der Waals surface area contributed by atoms with E-state index in [1.807, 2.05) is 73.9 Å². The van der Waals surface area contributed by atoms with Crippen molar-refractivity contribution in [3.63, 3.8) is 0 Å². The molecule has 0 aliphatic heterocycles. The first-order valence-electron chi connectivity index (χ1n) is 9.88. The van der Waals surface area contributed by atoms with Gasteiger partial charge in [0, 0.05) is 40.2 Å². The van der Waals surface area contributed by atoms with E-state index in [9.17, 15) is 0 Å². The number of hydrogen-bond donors (Lipinski definition) is 1. The summed E-state index contributed by atoms with van der Waals surface area (Å²) in [5.41, 5.74) is 13.5. The van der Waals surface area contributed by atoms with Crippen LogP contribution in [0.4, 0.5) is 0 Å². The highest BCUT2D eigenvalue weighted by Crippen LogP contribution is 2.36. The van der Waals surface area contributed by atoms with E-state index in [0.29, 0.717) is 0 Å². The molecule has 0 fully saturated rings. The van der Waals surface area contributed by atoms with Crippen LogP contribution in [-0.2, 0) is 0 Å². The van der Waals surface area contributed by atoms with Crippen LogP contribution >= 0.6 is 12.2 Å². The first kappa shape index (κ1) is 19.1. The predicted molar refractivity (Wildman–Crippen MR) is 129 cm³/mol. The molecule has 3 heterocycles. The van der Waals surface area contributed by atoms with Crippen molar-refractivity contribution < 1.29 is 0 Å². The van der Waals surface area contributed by atoms with E-state index in [1.54, 1.807) is 4.68 Å². The van der Waals surface area contributed by atoms with Crippen molar-refractivity contribution in [3.8, 4) is 33.6 Å². The van der Waals surface area contributed by atoms with Gasteiger partial charge in [0.05, 0.1) is 11.2 Å². The second kappa shape index (κ2) is 7.74. The Kier molecular flexibility index (Phi) is 4.76. The third kappa shape index (κ3) is 3.58. The van der Waals surface area contributed by atoms with Crippen molar-refractivity contribution in [1.82, 2.24) is 19.7 Å². The molecule has 0 unspecified atom stereocenters. The van der Waals surface area contributed by atoms with Crippen LogP contribution in [0.2, 0.25) is 0 Å². The molecule has 5 aromatic rings. The molecule has 5 rings (SSSR count). The Hall–Kier alpha value is -3.90.